The minimum Gasteiger partial charge on any atom is -0.259 e. The van der Waals surface area contributed by atoms with Crippen molar-refractivity contribution in [3.8, 4) is 6.07 Å². The van der Waals surface area contributed by atoms with Crippen LogP contribution < -0.4 is 0 Å². The number of nitrogens with zero attached hydrogens (tertiary/aromatic N) is 3. The second-order valence-electron chi connectivity index (χ2n) is 5.24. The first-order valence-corrected chi connectivity index (χ1v) is 9.17. The Morgan fingerprint density at radius 2 is 1.81 bits per heavy atom. The minimum atomic E-state index is -4.54. The van der Waals surface area contributed by atoms with Gasteiger partial charge in [0.2, 0.25) is 0 Å². The molecular formula is C19H21F4N3S. The van der Waals surface area contributed by atoms with E-state index in [0.717, 1.165) is 40.5 Å². The topological polar surface area (TPSA) is 39.9 Å². The number of hydrogen-bond donors (Lipinski definition) is 0. The van der Waals surface area contributed by atoms with Crippen molar-refractivity contribution in [2.45, 2.75) is 44.8 Å². The standard InChI is InChI=1S/C17H15F4N3S.C2H6/c1-3-24(25-15-8-13(9-22)11(2)23-10-15)16(17(19,20)21)12-4-6-14(18)7-5-12;1-2/h4-8,10,16H,3H2,1-2H3;1-2H3. The second-order valence-corrected chi connectivity index (χ2v) is 6.36. The lowest BCUT2D eigenvalue weighted by Gasteiger charge is -2.31. The fraction of sp³-hybridized carbons (Fsp3) is 0.368. The Morgan fingerprint density at radius 1 is 1.22 bits per heavy atom. The Kier molecular flexibility index (Phi) is 8.73. The maximum absolute atomic E-state index is 13.6. The second kappa shape index (κ2) is 10.3. The lowest BCUT2D eigenvalue weighted by atomic mass is 10.1. The molecule has 0 aliphatic heterocycles. The summed E-state index contributed by atoms with van der Waals surface area (Å²) in [7, 11) is 0. The zero-order valence-corrected chi connectivity index (χ0v) is 16.3. The van der Waals surface area contributed by atoms with Crippen molar-refractivity contribution >= 4 is 11.9 Å². The zero-order chi connectivity index (χ0) is 20.6. The van der Waals surface area contributed by atoms with E-state index in [0.29, 0.717) is 16.2 Å². The van der Waals surface area contributed by atoms with E-state index in [-0.39, 0.29) is 12.1 Å². The molecule has 1 atom stereocenters. The van der Waals surface area contributed by atoms with E-state index >= 15 is 0 Å². The molecule has 1 aromatic carbocycles. The molecule has 0 aliphatic rings. The average molecular weight is 399 g/mol. The van der Waals surface area contributed by atoms with Crippen molar-refractivity contribution in [2.24, 2.45) is 0 Å². The zero-order valence-electron chi connectivity index (χ0n) is 15.5. The van der Waals surface area contributed by atoms with E-state index in [4.69, 9.17) is 5.26 Å². The van der Waals surface area contributed by atoms with E-state index in [1.807, 2.05) is 19.9 Å². The number of alkyl halides is 3. The van der Waals surface area contributed by atoms with E-state index in [9.17, 15) is 17.6 Å². The molecule has 0 saturated heterocycles. The van der Waals surface area contributed by atoms with Crippen LogP contribution in [0.5, 0.6) is 0 Å². The van der Waals surface area contributed by atoms with Crippen LogP contribution in [0.3, 0.4) is 0 Å². The van der Waals surface area contributed by atoms with Gasteiger partial charge in [-0.2, -0.15) is 18.4 Å². The van der Waals surface area contributed by atoms with Crippen molar-refractivity contribution in [1.29, 1.82) is 5.26 Å². The van der Waals surface area contributed by atoms with Gasteiger partial charge >= 0.3 is 6.18 Å². The SMILES string of the molecule is CC.CCN(Sc1cnc(C)c(C#N)c1)C(c1ccc(F)cc1)C(F)(F)F. The monoisotopic (exact) mass is 399 g/mol. The van der Waals surface area contributed by atoms with Gasteiger partial charge in [-0.3, -0.25) is 4.98 Å². The molecule has 3 nitrogen and oxygen atoms in total. The summed E-state index contributed by atoms with van der Waals surface area (Å²) in [5.41, 5.74) is 0.774. The van der Waals surface area contributed by atoms with Crippen LogP contribution in [0.2, 0.25) is 0 Å². The first-order valence-electron chi connectivity index (χ1n) is 8.39. The molecule has 0 fully saturated rings. The number of aryl methyl sites for hydroxylation is 1. The van der Waals surface area contributed by atoms with Crippen molar-refractivity contribution in [1.82, 2.24) is 9.29 Å². The van der Waals surface area contributed by atoms with E-state index in [2.05, 4.69) is 4.98 Å². The molecule has 0 saturated carbocycles. The van der Waals surface area contributed by atoms with Gasteiger partial charge in [0.1, 0.15) is 17.9 Å². The maximum atomic E-state index is 13.6. The van der Waals surface area contributed by atoms with Crippen molar-refractivity contribution in [2.75, 3.05) is 6.54 Å². The smallest absolute Gasteiger partial charge is 0.259 e. The molecule has 0 amide bonds. The molecule has 8 heteroatoms. The van der Waals surface area contributed by atoms with E-state index < -0.39 is 18.0 Å². The molecule has 2 aromatic rings. The molecule has 0 spiro atoms. The summed E-state index contributed by atoms with van der Waals surface area (Å²) in [4.78, 5) is 4.47. The third-order valence-corrected chi connectivity index (χ3v) is 4.64. The molecule has 0 aliphatic carbocycles. The van der Waals surface area contributed by atoms with Crippen LogP contribution in [0.4, 0.5) is 17.6 Å². The summed E-state index contributed by atoms with van der Waals surface area (Å²) in [6.45, 7) is 7.34. The summed E-state index contributed by atoms with van der Waals surface area (Å²) in [5, 5.41) is 9.05. The molecule has 0 radical (unpaired) electrons. The van der Waals surface area contributed by atoms with Crippen LogP contribution in [0, 0.1) is 24.1 Å². The number of nitriles is 1. The quantitative estimate of drug-likeness (QED) is 0.453. The Labute approximate surface area is 161 Å². The Bertz CT molecular complexity index is 770. The van der Waals surface area contributed by atoms with Gasteiger partial charge in [-0.05, 0) is 42.6 Å². The highest BCUT2D eigenvalue weighted by atomic mass is 32.2. The summed E-state index contributed by atoms with van der Waals surface area (Å²) >= 11 is 0.867. The normalized spacial score (nSPS) is 12.1. The molecule has 1 heterocycles. The molecule has 2 rings (SSSR count). The number of benzene rings is 1. The van der Waals surface area contributed by atoms with Gasteiger partial charge in [0.25, 0.3) is 0 Å². The number of halogens is 4. The first-order chi connectivity index (χ1) is 12.8. The molecule has 1 unspecified atom stereocenters. The number of pyridine rings is 1. The van der Waals surface area contributed by atoms with Gasteiger partial charge in [-0.25, -0.2) is 8.70 Å². The summed E-state index contributed by atoms with van der Waals surface area (Å²) < 4.78 is 55.1. The van der Waals surface area contributed by atoms with E-state index in [1.165, 1.54) is 12.3 Å². The molecule has 1 aromatic heterocycles. The summed E-state index contributed by atoms with van der Waals surface area (Å²) in [6, 6.07) is 5.84. The molecular weight excluding hydrogens is 378 g/mol. The van der Waals surface area contributed by atoms with Crippen LogP contribution in [-0.4, -0.2) is 22.0 Å². The summed E-state index contributed by atoms with van der Waals surface area (Å²) in [6.07, 6.45) is -3.11. The third-order valence-electron chi connectivity index (χ3n) is 3.50. The molecule has 146 valence electrons. The van der Waals surface area contributed by atoms with Crippen LogP contribution in [-0.2, 0) is 0 Å². The Balaban J connectivity index is 0.00000176. The molecule has 27 heavy (non-hydrogen) atoms. The lowest BCUT2D eigenvalue weighted by molar-refractivity contribution is -0.172. The lowest BCUT2D eigenvalue weighted by Crippen LogP contribution is -2.34. The van der Waals surface area contributed by atoms with Crippen molar-refractivity contribution in [3.05, 3.63) is 59.2 Å². The number of hydrogen-bond acceptors (Lipinski definition) is 4. The van der Waals surface area contributed by atoms with Gasteiger partial charge < -0.3 is 0 Å². The summed E-state index contributed by atoms with van der Waals surface area (Å²) in [5.74, 6) is -0.596. The Morgan fingerprint density at radius 3 is 2.30 bits per heavy atom. The highest BCUT2D eigenvalue weighted by molar-refractivity contribution is 7.97. The van der Waals surface area contributed by atoms with E-state index in [1.54, 1.807) is 13.8 Å². The van der Waals surface area contributed by atoms with Crippen LogP contribution >= 0.6 is 11.9 Å². The predicted molar refractivity (Wildman–Crippen MR) is 98.5 cm³/mol. The largest absolute Gasteiger partial charge is 0.408 e. The fourth-order valence-corrected chi connectivity index (χ4v) is 3.29. The van der Waals surface area contributed by atoms with Crippen LogP contribution in [0.15, 0.2) is 41.4 Å². The van der Waals surface area contributed by atoms with Gasteiger partial charge in [-0.1, -0.05) is 32.9 Å². The third kappa shape index (κ3) is 6.22. The van der Waals surface area contributed by atoms with Crippen molar-refractivity contribution in [3.63, 3.8) is 0 Å². The highest BCUT2D eigenvalue weighted by Gasteiger charge is 2.44. The van der Waals surface area contributed by atoms with Gasteiger partial charge in [0.05, 0.1) is 11.3 Å². The maximum Gasteiger partial charge on any atom is 0.408 e. The van der Waals surface area contributed by atoms with Gasteiger partial charge in [0, 0.05) is 17.6 Å². The minimum absolute atomic E-state index is 0.0520. The number of rotatable bonds is 5. The van der Waals surface area contributed by atoms with Gasteiger partial charge in [-0.15, -0.1) is 0 Å². The first kappa shape index (κ1) is 22.9. The van der Waals surface area contributed by atoms with Gasteiger partial charge in [0.15, 0.2) is 0 Å². The average Bonchev–Trinajstić information content (AvgIpc) is 2.64. The number of aromatic nitrogens is 1. The highest BCUT2D eigenvalue weighted by Crippen LogP contribution is 2.42. The molecule has 0 bridgehead atoms. The predicted octanol–water partition coefficient (Wildman–Crippen LogP) is 6.06. The Hall–Kier alpha value is -2.11. The van der Waals surface area contributed by atoms with Crippen LogP contribution in [0.25, 0.3) is 0 Å². The van der Waals surface area contributed by atoms with Crippen molar-refractivity contribution < 1.29 is 17.6 Å². The van der Waals surface area contributed by atoms with Crippen LogP contribution in [0.1, 0.15) is 43.6 Å². The fourth-order valence-electron chi connectivity index (χ4n) is 2.28. The molecule has 0 N–H and O–H groups in total.